The molecule has 1 fully saturated rings. The molecule has 3 rings (SSSR count). The fourth-order valence-corrected chi connectivity index (χ4v) is 2.98. The molecule has 0 aliphatic carbocycles. The summed E-state index contributed by atoms with van der Waals surface area (Å²) < 4.78 is 5.80. The second-order valence-electron chi connectivity index (χ2n) is 5.48. The summed E-state index contributed by atoms with van der Waals surface area (Å²) in [6, 6.07) is 11.1. The third-order valence-corrected chi connectivity index (χ3v) is 4.40. The molecule has 0 saturated carbocycles. The summed E-state index contributed by atoms with van der Waals surface area (Å²) in [6.07, 6.45) is 3.59. The van der Waals surface area contributed by atoms with Gasteiger partial charge in [-0.1, -0.05) is 37.1 Å². The van der Waals surface area contributed by atoms with Gasteiger partial charge in [0.2, 0.25) is 0 Å². The molecule has 1 N–H and O–H groups in total. The molecule has 4 nitrogen and oxygen atoms in total. The van der Waals surface area contributed by atoms with E-state index in [4.69, 9.17) is 28.2 Å². The van der Waals surface area contributed by atoms with Crippen LogP contribution in [0.5, 0.6) is 0 Å². The molecule has 0 radical (unpaired) electrons. The van der Waals surface area contributed by atoms with Gasteiger partial charge >= 0.3 is 0 Å². The van der Waals surface area contributed by atoms with Gasteiger partial charge in [0.05, 0.1) is 5.02 Å². The van der Waals surface area contributed by atoms with Crippen molar-refractivity contribution in [2.24, 2.45) is 0 Å². The lowest BCUT2D eigenvalue weighted by molar-refractivity contribution is -0.122. The van der Waals surface area contributed by atoms with Crippen molar-refractivity contribution in [2.45, 2.75) is 19.8 Å². The highest BCUT2D eigenvalue weighted by Gasteiger charge is 2.30. The third-order valence-electron chi connectivity index (χ3n) is 3.75. The normalized spacial score (nSPS) is 16.1. The number of nitrogens with zero attached hydrogens (tertiary/aromatic N) is 1. The number of unbranched alkanes of at least 4 members (excludes halogenated alkanes) is 1. The minimum absolute atomic E-state index is 0.121. The number of thiocarbonyl (C=S) groups is 1. The van der Waals surface area contributed by atoms with Crippen LogP contribution in [0.2, 0.25) is 5.02 Å². The number of hydrogen-bond donors (Lipinski definition) is 1. The van der Waals surface area contributed by atoms with Crippen LogP contribution in [0.25, 0.3) is 17.4 Å². The Balaban J connectivity index is 1.82. The lowest BCUT2D eigenvalue weighted by Gasteiger charge is -2.12. The number of carbonyl (C=O) groups excluding carboxylic acids is 1. The van der Waals surface area contributed by atoms with Crippen molar-refractivity contribution in [2.75, 3.05) is 6.54 Å². The molecular formula is C18H17ClN2O2S. The van der Waals surface area contributed by atoms with Crippen LogP contribution >= 0.6 is 23.8 Å². The number of furan rings is 1. The van der Waals surface area contributed by atoms with Crippen LogP contribution in [0.4, 0.5) is 0 Å². The molecule has 1 aliphatic heterocycles. The van der Waals surface area contributed by atoms with Crippen LogP contribution in [-0.2, 0) is 4.79 Å². The standard InChI is InChI=1S/C18H17ClN2O2S/c1-2-3-10-21-17(22)15(20-18(21)24)11-12-8-9-16(23-12)13-6-4-5-7-14(13)19/h4-9,11H,2-3,10H2,1H3,(H,20,24). The molecule has 2 aromatic rings. The molecule has 1 aliphatic rings. The first kappa shape index (κ1) is 16.7. The minimum Gasteiger partial charge on any atom is -0.457 e. The molecule has 0 unspecified atom stereocenters. The summed E-state index contributed by atoms with van der Waals surface area (Å²) in [5.74, 6) is 1.10. The van der Waals surface area contributed by atoms with Crippen LogP contribution in [-0.4, -0.2) is 22.5 Å². The van der Waals surface area contributed by atoms with Gasteiger partial charge in [-0.05, 0) is 42.9 Å². The SMILES string of the molecule is CCCCN1C(=O)C(=Cc2ccc(-c3ccccc3Cl)o2)NC1=S. The van der Waals surface area contributed by atoms with Crippen molar-refractivity contribution in [3.05, 3.63) is 52.9 Å². The predicted octanol–water partition coefficient (Wildman–Crippen LogP) is 4.46. The quantitative estimate of drug-likeness (QED) is 0.631. The van der Waals surface area contributed by atoms with Gasteiger partial charge in [-0.3, -0.25) is 9.69 Å². The Morgan fingerprint density at radius 1 is 1.29 bits per heavy atom. The molecule has 1 saturated heterocycles. The minimum atomic E-state index is -0.121. The van der Waals surface area contributed by atoms with Gasteiger partial charge in [-0.15, -0.1) is 0 Å². The average Bonchev–Trinajstić information content (AvgIpc) is 3.12. The first-order valence-electron chi connectivity index (χ1n) is 7.79. The Morgan fingerprint density at radius 2 is 2.08 bits per heavy atom. The van der Waals surface area contributed by atoms with Gasteiger partial charge in [0.25, 0.3) is 5.91 Å². The van der Waals surface area contributed by atoms with Crippen molar-refractivity contribution in [1.29, 1.82) is 0 Å². The monoisotopic (exact) mass is 360 g/mol. The van der Waals surface area contributed by atoms with Gasteiger partial charge < -0.3 is 9.73 Å². The molecular weight excluding hydrogens is 344 g/mol. The maximum Gasteiger partial charge on any atom is 0.276 e. The zero-order valence-corrected chi connectivity index (χ0v) is 14.8. The van der Waals surface area contributed by atoms with Gasteiger partial charge in [0.15, 0.2) is 5.11 Å². The van der Waals surface area contributed by atoms with Crippen LogP contribution in [0.15, 0.2) is 46.5 Å². The largest absolute Gasteiger partial charge is 0.457 e. The Morgan fingerprint density at radius 3 is 2.83 bits per heavy atom. The molecule has 1 amide bonds. The topological polar surface area (TPSA) is 45.5 Å². The Hall–Kier alpha value is -2.11. The van der Waals surface area contributed by atoms with Crippen LogP contribution in [0, 0.1) is 0 Å². The van der Waals surface area contributed by atoms with E-state index < -0.39 is 0 Å². The Bertz CT molecular complexity index is 813. The fourth-order valence-electron chi connectivity index (χ4n) is 2.47. The van der Waals surface area contributed by atoms with E-state index in [0.717, 1.165) is 18.4 Å². The van der Waals surface area contributed by atoms with E-state index >= 15 is 0 Å². The zero-order valence-electron chi connectivity index (χ0n) is 13.2. The number of benzene rings is 1. The lowest BCUT2D eigenvalue weighted by atomic mass is 10.2. The van der Waals surface area contributed by atoms with Gasteiger partial charge in [-0.2, -0.15) is 0 Å². The summed E-state index contributed by atoms with van der Waals surface area (Å²) in [7, 11) is 0. The summed E-state index contributed by atoms with van der Waals surface area (Å²) >= 11 is 11.4. The first-order valence-corrected chi connectivity index (χ1v) is 8.58. The number of carbonyl (C=O) groups is 1. The maximum absolute atomic E-state index is 12.4. The molecule has 2 heterocycles. The molecule has 1 aromatic heterocycles. The average molecular weight is 361 g/mol. The van der Waals surface area contributed by atoms with E-state index in [1.807, 2.05) is 30.3 Å². The van der Waals surface area contributed by atoms with E-state index in [2.05, 4.69) is 12.2 Å². The Labute approximate surface area is 151 Å². The van der Waals surface area contributed by atoms with E-state index in [9.17, 15) is 4.79 Å². The third kappa shape index (κ3) is 3.37. The highest BCUT2D eigenvalue weighted by atomic mass is 35.5. The van der Waals surface area contributed by atoms with E-state index in [-0.39, 0.29) is 5.91 Å². The van der Waals surface area contributed by atoms with Gasteiger partial charge in [-0.25, -0.2) is 0 Å². The molecule has 1 aromatic carbocycles. The van der Waals surface area contributed by atoms with Crippen LogP contribution in [0.1, 0.15) is 25.5 Å². The van der Waals surface area contributed by atoms with Gasteiger partial charge in [0, 0.05) is 18.2 Å². The molecule has 0 bridgehead atoms. The summed E-state index contributed by atoms with van der Waals surface area (Å²) in [5, 5.41) is 4.02. The molecule has 124 valence electrons. The summed E-state index contributed by atoms with van der Waals surface area (Å²) in [5.41, 5.74) is 1.24. The molecule has 6 heteroatoms. The van der Waals surface area contributed by atoms with Crippen molar-refractivity contribution in [3.8, 4) is 11.3 Å². The molecule has 0 atom stereocenters. The fraction of sp³-hybridized carbons (Fsp3) is 0.222. The van der Waals surface area contributed by atoms with Crippen LogP contribution < -0.4 is 5.32 Å². The second kappa shape index (κ2) is 7.20. The van der Waals surface area contributed by atoms with Crippen LogP contribution in [0.3, 0.4) is 0 Å². The number of rotatable bonds is 5. The zero-order chi connectivity index (χ0) is 17.1. The molecule has 24 heavy (non-hydrogen) atoms. The van der Waals surface area contributed by atoms with Crippen molar-refractivity contribution < 1.29 is 9.21 Å². The van der Waals surface area contributed by atoms with E-state index in [0.29, 0.717) is 33.9 Å². The van der Waals surface area contributed by atoms with E-state index in [1.165, 1.54) is 0 Å². The maximum atomic E-state index is 12.4. The number of hydrogen-bond acceptors (Lipinski definition) is 3. The highest BCUT2D eigenvalue weighted by Crippen LogP contribution is 2.29. The van der Waals surface area contributed by atoms with Crippen molar-refractivity contribution in [3.63, 3.8) is 0 Å². The predicted molar refractivity (Wildman–Crippen MR) is 99.5 cm³/mol. The van der Waals surface area contributed by atoms with Crippen molar-refractivity contribution in [1.82, 2.24) is 10.2 Å². The Kier molecular flexibility index (Phi) is 5.02. The number of halogens is 1. The summed E-state index contributed by atoms with van der Waals surface area (Å²) in [4.78, 5) is 14.0. The van der Waals surface area contributed by atoms with Gasteiger partial charge in [0.1, 0.15) is 17.2 Å². The second-order valence-corrected chi connectivity index (χ2v) is 6.27. The number of amides is 1. The van der Waals surface area contributed by atoms with E-state index in [1.54, 1.807) is 17.0 Å². The number of nitrogens with one attached hydrogen (secondary N) is 1. The summed E-state index contributed by atoms with van der Waals surface area (Å²) in [6.45, 7) is 2.70. The first-order chi connectivity index (χ1) is 11.6. The lowest BCUT2D eigenvalue weighted by Crippen LogP contribution is -2.31. The molecule has 0 spiro atoms. The smallest absolute Gasteiger partial charge is 0.276 e. The highest BCUT2D eigenvalue weighted by molar-refractivity contribution is 7.80. The van der Waals surface area contributed by atoms with Crippen molar-refractivity contribution >= 4 is 40.9 Å².